The molecule has 98 heavy (non-hydrogen) atoms. The first-order valence-electron chi connectivity index (χ1n) is 30.7. The van der Waals surface area contributed by atoms with Gasteiger partial charge in [-0.1, -0.05) is 34.1 Å². The van der Waals surface area contributed by atoms with Crippen molar-refractivity contribution in [1.82, 2.24) is 73.8 Å². The third-order valence-electron chi connectivity index (χ3n) is 14.6. The van der Waals surface area contributed by atoms with Crippen molar-refractivity contribution < 1.29 is 112 Å². The SMILES string of the molecule is CC[C@H](C)[C@H](NC(=O)[C@H](CCC(=O)O)NC(=O)[C@H](CCC(=O)O)NC(=O)[C@H](Cc1cnc[nH]1)NC(=O)[C@H](C)N)C(=O)N[C@@H](CS)C(=O)N[C@H](C(=O)N[C@H](C(=O)N[C@@H](CC(N)=O)C(=O)N[C@@H](CCC(=O)O)C(=O)NCC(=O)N[C@H](C(=O)N[C@@H](CCSC)C(=O)O)C(C)C)[C@@H](C)O)[C@@H](C)O. The Bertz CT molecular complexity index is 2960. The van der Waals surface area contributed by atoms with E-state index in [-0.39, 0.29) is 19.3 Å². The van der Waals surface area contributed by atoms with E-state index in [1.54, 1.807) is 13.2 Å². The van der Waals surface area contributed by atoms with Crippen molar-refractivity contribution in [3.63, 3.8) is 0 Å². The lowest BCUT2D eigenvalue weighted by Gasteiger charge is -2.30. The number of primary amides is 1. The van der Waals surface area contributed by atoms with Crippen LogP contribution in [-0.4, -0.2) is 250 Å². The summed E-state index contributed by atoms with van der Waals surface area (Å²) < 4.78 is 0. The van der Waals surface area contributed by atoms with E-state index in [1.807, 2.05) is 0 Å². The number of aromatic nitrogens is 2. The molecule has 15 atom stereocenters. The third kappa shape index (κ3) is 31.8. The number of nitrogens with two attached hydrogens (primary N) is 2. The summed E-state index contributed by atoms with van der Waals surface area (Å²) in [6.07, 6.45) is -4.64. The van der Waals surface area contributed by atoms with Gasteiger partial charge in [-0.05, 0) is 70.3 Å². The minimum Gasteiger partial charge on any atom is -0.481 e. The summed E-state index contributed by atoms with van der Waals surface area (Å²) >= 11 is 5.48. The first kappa shape index (κ1) is 86.8. The number of hydrogen-bond acceptors (Lipinski definition) is 23. The molecule has 39 nitrogen and oxygen atoms in total. The number of nitrogens with one attached hydrogen (secondary N) is 13. The summed E-state index contributed by atoms with van der Waals surface area (Å²) in [6.45, 7) is 8.56. The molecule has 0 saturated carbocycles. The van der Waals surface area contributed by atoms with Gasteiger partial charge in [0, 0.05) is 43.3 Å². The fraction of sp³-hybridized carbons (Fsp3) is 0.649. The fourth-order valence-electron chi connectivity index (χ4n) is 8.75. The molecule has 1 aromatic heterocycles. The van der Waals surface area contributed by atoms with Crippen LogP contribution in [0.2, 0.25) is 0 Å². The Hall–Kier alpha value is -9.22. The summed E-state index contributed by atoms with van der Waals surface area (Å²) in [6, 6.07) is -20.0. The molecule has 1 rings (SSSR count). The number of thiol groups is 1. The molecule has 0 aliphatic rings. The van der Waals surface area contributed by atoms with E-state index in [4.69, 9.17) is 11.5 Å². The lowest BCUT2D eigenvalue weighted by molar-refractivity contribution is -0.142. The largest absolute Gasteiger partial charge is 0.481 e. The number of imidazole rings is 1. The Morgan fingerprint density at radius 1 is 0.510 bits per heavy atom. The van der Waals surface area contributed by atoms with Crippen molar-refractivity contribution in [2.45, 2.75) is 197 Å². The summed E-state index contributed by atoms with van der Waals surface area (Å²) in [7, 11) is 0. The maximum absolute atomic E-state index is 14.1. The lowest BCUT2D eigenvalue weighted by Crippen LogP contribution is -2.64. The van der Waals surface area contributed by atoms with E-state index >= 15 is 0 Å². The van der Waals surface area contributed by atoms with E-state index in [0.29, 0.717) is 11.4 Å². The normalized spacial score (nSPS) is 15.7. The number of rotatable bonds is 47. The second kappa shape index (κ2) is 43.9. The molecule has 0 aliphatic carbocycles. The molecule has 0 unspecified atom stereocenters. The van der Waals surface area contributed by atoms with Crippen LogP contribution in [0.25, 0.3) is 0 Å². The number of hydrogen-bond donors (Lipinski definition) is 22. The highest BCUT2D eigenvalue weighted by Crippen LogP contribution is 2.14. The molecule has 0 aromatic carbocycles. The zero-order chi connectivity index (χ0) is 74.8. The van der Waals surface area contributed by atoms with Gasteiger partial charge in [-0.2, -0.15) is 24.4 Å². The van der Waals surface area contributed by atoms with Crippen molar-refractivity contribution in [2.75, 3.05) is 24.3 Å². The van der Waals surface area contributed by atoms with Gasteiger partial charge in [-0.15, -0.1) is 0 Å². The highest BCUT2D eigenvalue weighted by Gasteiger charge is 2.39. The predicted molar refractivity (Wildman–Crippen MR) is 347 cm³/mol. The topological polar surface area (TPSA) is 637 Å². The number of aliphatic carboxylic acids is 4. The number of aromatic amines is 1. The van der Waals surface area contributed by atoms with E-state index in [0.717, 1.165) is 13.8 Å². The van der Waals surface area contributed by atoms with Gasteiger partial charge in [0.15, 0.2) is 0 Å². The number of H-pyrrole nitrogens is 1. The van der Waals surface area contributed by atoms with Crippen molar-refractivity contribution >= 4 is 125 Å². The maximum atomic E-state index is 14.1. The van der Waals surface area contributed by atoms with Gasteiger partial charge in [0.1, 0.15) is 66.5 Å². The molecule has 0 bridgehead atoms. The molecule has 0 radical (unpaired) electrons. The number of carbonyl (C=O) groups excluding carboxylic acids is 13. The first-order valence-corrected chi connectivity index (χ1v) is 32.8. The number of aliphatic hydroxyl groups is 2. The van der Waals surface area contributed by atoms with E-state index < -0.39 is 254 Å². The number of amides is 13. The van der Waals surface area contributed by atoms with Crippen LogP contribution in [0.15, 0.2) is 12.5 Å². The number of carboxylic acid groups (broad SMARTS) is 4. The smallest absolute Gasteiger partial charge is 0.326 e. The highest BCUT2D eigenvalue weighted by atomic mass is 32.2. The molecule has 550 valence electrons. The molecule has 1 heterocycles. The van der Waals surface area contributed by atoms with Crippen molar-refractivity contribution in [2.24, 2.45) is 23.3 Å². The Labute approximate surface area is 572 Å². The Kier molecular flexibility index (Phi) is 38.8. The van der Waals surface area contributed by atoms with Crippen LogP contribution in [0.1, 0.15) is 112 Å². The second-order valence-electron chi connectivity index (χ2n) is 23.1. The van der Waals surface area contributed by atoms with Crippen LogP contribution in [0.3, 0.4) is 0 Å². The Morgan fingerprint density at radius 3 is 1.34 bits per heavy atom. The molecule has 0 fully saturated rings. The van der Waals surface area contributed by atoms with Crippen LogP contribution in [0.4, 0.5) is 0 Å². The molecule has 0 spiro atoms. The minimum absolute atomic E-state index is 0.0591. The Morgan fingerprint density at radius 2 is 0.908 bits per heavy atom. The van der Waals surface area contributed by atoms with E-state index in [2.05, 4.69) is 86.4 Å². The van der Waals surface area contributed by atoms with Crippen LogP contribution in [0, 0.1) is 11.8 Å². The average molecular weight is 1430 g/mol. The molecule has 41 heteroatoms. The van der Waals surface area contributed by atoms with Crippen LogP contribution < -0.4 is 75.3 Å². The number of thioether (sulfide) groups is 1. The monoisotopic (exact) mass is 1430 g/mol. The summed E-state index contributed by atoms with van der Waals surface area (Å²) in [5.41, 5.74) is 11.4. The number of carboxylic acids is 4. The highest BCUT2D eigenvalue weighted by molar-refractivity contribution is 7.98. The van der Waals surface area contributed by atoms with E-state index in [9.17, 15) is 112 Å². The molecular weight excluding hydrogens is 1340 g/mol. The zero-order valence-electron chi connectivity index (χ0n) is 55.2. The van der Waals surface area contributed by atoms with Crippen molar-refractivity contribution in [3.8, 4) is 0 Å². The molecule has 0 aliphatic heterocycles. The van der Waals surface area contributed by atoms with Gasteiger partial charge in [-0.25, -0.2) is 9.78 Å². The van der Waals surface area contributed by atoms with Gasteiger partial charge >= 0.3 is 23.9 Å². The first-order chi connectivity index (χ1) is 45.8. The van der Waals surface area contributed by atoms with Crippen molar-refractivity contribution in [3.05, 3.63) is 18.2 Å². The van der Waals surface area contributed by atoms with Gasteiger partial charge < -0.3 is 111 Å². The lowest BCUT2D eigenvalue weighted by atomic mass is 9.97. The number of aliphatic hydroxyl groups excluding tert-OH is 2. The second-order valence-corrected chi connectivity index (χ2v) is 24.5. The molecule has 0 saturated heterocycles. The summed E-state index contributed by atoms with van der Waals surface area (Å²) in [4.78, 5) is 229. The molecule has 1 aromatic rings. The van der Waals surface area contributed by atoms with Crippen LogP contribution >= 0.6 is 24.4 Å². The minimum atomic E-state index is -2.11. The quantitative estimate of drug-likeness (QED) is 0.0270. The van der Waals surface area contributed by atoms with E-state index in [1.165, 1.54) is 52.0 Å². The fourth-order valence-corrected chi connectivity index (χ4v) is 9.48. The standard InChI is InChI=1S/C57H92N16O23S2/c1-9-25(4)43(71-49(87)32(12-15-41(82)83)64-48(86)31(11-14-40(80)81)65-50(88)34(67-46(84)26(5)58)18-29-20-60-23-62-29)54(92)69-36(22-97)52(90)72-45(28(7)75)56(94)73-44(27(6)74)55(93)68-35(19-37(59)76)51(89)63-30(10-13-39(78)79)47(85)61-21-38(77)70-42(24(2)3)53(91)66-33(57(95)96)16-17-98-8/h20,23-28,30-36,42-45,74-75,97H,9-19,21-22,58H2,1-8H3,(H2,59,76)(H,60,62)(H,61,85)(H,63,89)(H,64,86)(H,65,88)(H,66,91)(H,67,84)(H,68,93)(H,69,92)(H,70,77)(H,71,87)(H,72,90)(H,73,94)(H,78,79)(H,80,81)(H,82,83)(H,95,96)/t25-,26-,27+,28+,30-,31-,32-,33-,34-,35-,36-,42-,43-,44-,45-/m0/s1. The predicted octanol–water partition coefficient (Wildman–Crippen LogP) is -7.55. The van der Waals surface area contributed by atoms with Gasteiger partial charge in [0.25, 0.3) is 0 Å². The number of carbonyl (C=O) groups is 17. The van der Waals surface area contributed by atoms with Gasteiger partial charge in [0.05, 0.1) is 37.5 Å². The average Bonchev–Trinajstić information content (AvgIpc) is 0.878. The maximum Gasteiger partial charge on any atom is 0.326 e. The summed E-state index contributed by atoms with van der Waals surface area (Å²) in [5, 5.41) is 86.8. The molecular formula is C57H92N16O23S2. The van der Waals surface area contributed by atoms with Crippen LogP contribution in [-0.2, 0) is 87.9 Å². The number of nitrogens with zero attached hydrogens (tertiary/aromatic N) is 1. The van der Waals surface area contributed by atoms with Crippen molar-refractivity contribution in [1.29, 1.82) is 0 Å². The third-order valence-corrected chi connectivity index (χ3v) is 15.6. The molecule has 13 amide bonds. The van der Waals surface area contributed by atoms with Crippen LogP contribution in [0.5, 0.6) is 0 Å². The Balaban J connectivity index is 3.42. The summed E-state index contributed by atoms with van der Waals surface area (Å²) in [5.74, 6) is -22.2. The van der Waals surface area contributed by atoms with Gasteiger partial charge in [0.2, 0.25) is 76.8 Å². The zero-order valence-corrected chi connectivity index (χ0v) is 56.9. The molecule has 23 N–H and O–H groups in total. The van der Waals surface area contributed by atoms with Gasteiger partial charge in [-0.3, -0.25) is 76.7 Å².